The summed E-state index contributed by atoms with van der Waals surface area (Å²) in [7, 11) is 3.57. The summed E-state index contributed by atoms with van der Waals surface area (Å²) in [5.74, 6) is 5.76. The van der Waals surface area contributed by atoms with Crippen LogP contribution in [0.5, 0.6) is 0 Å². The fourth-order valence-corrected chi connectivity index (χ4v) is 2.61. The predicted molar refractivity (Wildman–Crippen MR) is 79.3 cm³/mol. The van der Waals surface area contributed by atoms with Crippen LogP contribution < -0.4 is 5.73 Å². The smallest absolute Gasteiger partial charge is 0.257 e. The molecule has 104 valence electrons. The zero-order valence-electron chi connectivity index (χ0n) is 11.5. The molecule has 0 saturated heterocycles. The number of rotatable bonds is 3. The first-order valence-corrected chi connectivity index (χ1v) is 6.98. The molecule has 0 spiro atoms. The minimum absolute atomic E-state index is 0.0407. The summed E-state index contributed by atoms with van der Waals surface area (Å²) in [5.41, 5.74) is 6.87. The van der Waals surface area contributed by atoms with Gasteiger partial charge in [0.15, 0.2) is 0 Å². The molecule has 0 aliphatic rings. The lowest BCUT2D eigenvalue weighted by Crippen LogP contribution is -2.25. The van der Waals surface area contributed by atoms with E-state index in [9.17, 15) is 4.79 Å². The van der Waals surface area contributed by atoms with Gasteiger partial charge in [-0.1, -0.05) is 11.8 Å². The summed E-state index contributed by atoms with van der Waals surface area (Å²) in [5, 5.41) is 5.98. The molecule has 0 unspecified atom stereocenters. The Labute approximate surface area is 122 Å². The average molecular weight is 288 g/mol. The minimum Gasteiger partial charge on any atom is -0.336 e. The van der Waals surface area contributed by atoms with Crippen molar-refractivity contribution in [3.8, 4) is 11.8 Å². The second-order valence-corrected chi connectivity index (χ2v) is 5.37. The summed E-state index contributed by atoms with van der Waals surface area (Å²) in [4.78, 5) is 14.9. The first-order chi connectivity index (χ1) is 9.60. The van der Waals surface area contributed by atoms with Crippen LogP contribution in [-0.4, -0.2) is 34.2 Å². The lowest BCUT2D eigenvalue weighted by Gasteiger charge is -2.14. The molecule has 0 aliphatic carbocycles. The summed E-state index contributed by atoms with van der Waals surface area (Å²) in [6.07, 6.45) is 3.29. The monoisotopic (exact) mass is 288 g/mol. The third-order valence-electron chi connectivity index (χ3n) is 2.68. The fourth-order valence-electron chi connectivity index (χ4n) is 1.74. The van der Waals surface area contributed by atoms with Gasteiger partial charge in [0.1, 0.15) is 0 Å². The number of hydrogen-bond donors (Lipinski definition) is 1. The van der Waals surface area contributed by atoms with Crippen LogP contribution in [-0.2, 0) is 13.6 Å². The standard InChI is InChI=1S/C14H16N4OS/c1-17(14(19)12-7-16-18(2)8-12)9-13-6-11(10-20-13)4-3-5-15/h6-8,10H,5,9,15H2,1-2H3. The van der Waals surface area contributed by atoms with E-state index < -0.39 is 0 Å². The number of amides is 1. The Morgan fingerprint density at radius 2 is 2.40 bits per heavy atom. The molecule has 20 heavy (non-hydrogen) atoms. The van der Waals surface area contributed by atoms with Crippen LogP contribution in [0.1, 0.15) is 20.8 Å². The van der Waals surface area contributed by atoms with Crippen molar-refractivity contribution in [1.82, 2.24) is 14.7 Å². The third kappa shape index (κ3) is 3.47. The van der Waals surface area contributed by atoms with Gasteiger partial charge >= 0.3 is 0 Å². The number of nitrogens with zero attached hydrogens (tertiary/aromatic N) is 3. The van der Waals surface area contributed by atoms with Crippen LogP contribution in [0.4, 0.5) is 0 Å². The van der Waals surface area contributed by atoms with Gasteiger partial charge in [-0.2, -0.15) is 5.10 Å². The summed E-state index contributed by atoms with van der Waals surface area (Å²) >= 11 is 1.59. The van der Waals surface area contributed by atoms with Gasteiger partial charge in [-0.15, -0.1) is 11.3 Å². The van der Waals surface area contributed by atoms with E-state index in [-0.39, 0.29) is 5.91 Å². The van der Waals surface area contributed by atoms with Crippen molar-refractivity contribution in [3.05, 3.63) is 39.8 Å². The van der Waals surface area contributed by atoms with Crippen molar-refractivity contribution in [2.75, 3.05) is 13.6 Å². The van der Waals surface area contributed by atoms with Crippen molar-refractivity contribution < 1.29 is 4.79 Å². The van der Waals surface area contributed by atoms with E-state index in [0.29, 0.717) is 18.7 Å². The molecule has 2 N–H and O–H groups in total. The minimum atomic E-state index is -0.0407. The average Bonchev–Trinajstić information content (AvgIpc) is 3.04. The Kier molecular flexibility index (Phi) is 4.56. The van der Waals surface area contributed by atoms with Crippen LogP contribution >= 0.6 is 11.3 Å². The van der Waals surface area contributed by atoms with Crippen LogP contribution in [0.15, 0.2) is 23.8 Å². The highest BCUT2D eigenvalue weighted by Gasteiger charge is 2.14. The second-order valence-electron chi connectivity index (χ2n) is 4.37. The summed E-state index contributed by atoms with van der Waals surface area (Å²) in [6, 6.07) is 1.99. The van der Waals surface area contributed by atoms with Crippen LogP contribution in [0.2, 0.25) is 0 Å². The van der Waals surface area contributed by atoms with E-state index in [2.05, 4.69) is 16.9 Å². The van der Waals surface area contributed by atoms with E-state index in [1.165, 1.54) is 0 Å². The van der Waals surface area contributed by atoms with Crippen molar-refractivity contribution >= 4 is 17.2 Å². The van der Waals surface area contributed by atoms with E-state index in [0.717, 1.165) is 10.4 Å². The number of thiophene rings is 1. The highest BCUT2D eigenvalue weighted by molar-refractivity contribution is 7.10. The van der Waals surface area contributed by atoms with E-state index in [1.54, 1.807) is 47.4 Å². The largest absolute Gasteiger partial charge is 0.336 e. The quantitative estimate of drug-likeness (QED) is 0.859. The van der Waals surface area contributed by atoms with Gasteiger partial charge in [0.2, 0.25) is 0 Å². The Morgan fingerprint density at radius 3 is 3.05 bits per heavy atom. The van der Waals surface area contributed by atoms with E-state index >= 15 is 0 Å². The number of aryl methyl sites for hydroxylation is 1. The highest BCUT2D eigenvalue weighted by Crippen LogP contribution is 2.16. The predicted octanol–water partition coefficient (Wildman–Crippen LogP) is 1.06. The molecule has 0 bridgehead atoms. The molecule has 0 aliphatic heterocycles. The maximum Gasteiger partial charge on any atom is 0.257 e. The zero-order valence-corrected chi connectivity index (χ0v) is 12.3. The molecule has 2 rings (SSSR count). The molecule has 2 aromatic heterocycles. The van der Waals surface area contributed by atoms with E-state index in [1.807, 2.05) is 11.4 Å². The lowest BCUT2D eigenvalue weighted by molar-refractivity contribution is 0.0786. The molecule has 0 saturated carbocycles. The van der Waals surface area contributed by atoms with E-state index in [4.69, 9.17) is 5.73 Å². The second kappa shape index (κ2) is 6.37. The molecule has 0 atom stereocenters. The first-order valence-electron chi connectivity index (χ1n) is 6.10. The number of hydrogen-bond acceptors (Lipinski definition) is 4. The van der Waals surface area contributed by atoms with Gasteiger partial charge in [-0.25, -0.2) is 0 Å². The van der Waals surface area contributed by atoms with Crippen LogP contribution in [0, 0.1) is 11.8 Å². The van der Waals surface area contributed by atoms with Gasteiger partial charge in [-0.3, -0.25) is 9.48 Å². The molecule has 0 radical (unpaired) electrons. The molecule has 5 nitrogen and oxygen atoms in total. The van der Waals surface area contributed by atoms with Crippen molar-refractivity contribution in [1.29, 1.82) is 0 Å². The first kappa shape index (κ1) is 14.3. The summed E-state index contributed by atoms with van der Waals surface area (Å²) < 4.78 is 1.62. The fraction of sp³-hybridized carbons (Fsp3) is 0.286. The number of nitrogens with two attached hydrogens (primary N) is 1. The Hall–Kier alpha value is -2.10. The molecule has 0 aromatic carbocycles. The van der Waals surface area contributed by atoms with Gasteiger partial charge < -0.3 is 10.6 Å². The van der Waals surface area contributed by atoms with Gasteiger partial charge in [-0.05, 0) is 6.07 Å². The van der Waals surface area contributed by atoms with Gasteiger partial charge in [0.25, 0.3) is 5.91 Å². The molecule has 6 heteroatoms. The maximum absolute atomic E-state index is 12.2. The van der Waals surface area contributed by atoms with Crippen molar-refractivity contribution in [3.63, 3.8) is 0 Å². The highest BCUT2D eigenvalue weighted by atomic mass is 32.1. The lowest BCUT2D eigenvalue weighted by atomic mass is 10.3. The molecular formula is C14H16N4OS. The van der Waals surface area contributed by atoms with Crippen LogP contribution in [0.25, 0.3) is 0 Å². The van der Waals surface area contributed by atoms with Gasteiger partial charge in [0, 0.05) is 36.1 Å². The molecule has 0 fully saturated rings. The van der Waals surface area contributed by atoms with Crippen LogP contribution in [0.3, 0.4) is 0 Å². The maximum atomic E-state index is 12.2. The van der Waals surface area contributed by atoms with Gasteiger partial charge in [0.05, 0.1) is 24.8 Å². The topological polar surface area (TPSA) is 64.2 Å². The van der Waals surface area contributed by atoms with Crippen molar-refractivity contribution in [2.45, 2.75) is 6.54 Å². The molecule has 2 heterocycles. The SMILES string of the molecule is CN(Cc1cc(C#CCN)cs1)C(=O)c1cnn(C)c1. The third-order valence-corrected chi connectivity index (χ3v) is 3.60. The number of carbonyl (C=O) groups is 1. The molecule has 1 amide bonds. The normalized spacial score (nSPS) is 9.95. The summed E-state index contributed by atoms with van der Waals surface area (Å²) in [6.45, 7) is 0.910. The number of aromatic nitrogens is 2. The molecular weight excluding hydrogens is 272 g/mol. The van der Waals surface area contributed by atoms with Crippen molar-refractivity contribution in [2.24, 2.45) is 12.8 Å². The Balaban J connectivity index is 2.02. The Morgan fingerprint density at radius 1 is 1.60 bits per heavy atom. The number of carbonyl (C=O) groups excluding carboxylic acids is 1. The molecule has 2 aromatic rings. The zero-order chi connectivity index (χ0) is 14.5. The Bertz CT molecular complexity index is 662.